The van der Waals surface area contributed by atoms with Crippen LogP contribution in [-0.4, -0.2) is 36.3 Å². The van der Waals surface area contributed by atoms with Crippen molar-refractivity contribution in [2.75, 3.05) is 19.4 Å². The average molecular weight is 250 g/mol. The van der Waals surface area contributed by atoms with Crippen LogP contribution in [0.4, 0.5) is 0 Å². The van der Waals surface area contributed by atoms with Crippen molar-refractivity contribution in [1.29, 1.82) is 0 Å². The predicted molar refractivity (Wildman–Crippen MR) is 67.2 cm³/mol. The second-order valence-electron chi connectivity index (χ2n) is 3.27. The van der Waals surface area contributed by atoms with Crippen molar-refractivity contribution >= 4 is 24.4 Å². The number of nitrogens with one attached hydrogen (secondary N) is 1. The van der Waals surface area contributed by atoms with Crippen LogP contribution in [0.15, 0.2) is 0 Å². The van der Waals surface area contributed by atoms with Crippen molar-refractivity contribution in [3.05, 3.63) is 0 Å². The smallest absolute Gasteiger partial charge is 0.220 e. The van der Waals surface area contributed by atoms with E-state index in [0.29, 0.717) is 19.4 Å². The molecule has 96 valence electrons. The zero-order valence-electron chi connectivity index (χ0n) is 9.90. The van der Waals surface area contributed by atoms with Gasteiger partial charge in [-0.1, -0.05) is 6.92 Å². The van der Waals surface area contributed by atoms with Crippen LogP contribution in [0.25, 0.3) is 0 Å². The Morgan fingerprint density at radius 2 is 2.19 bits per heavy atom. The Bertz CT molecular complexity index is 201. The molecule has 0 bridgehead atoms. The quantitative estimate of drug-likeness (QED) is 0.528. The molecule has 16 heavy (non-hydrogen) atoms. The Hall–Kier alpha value is -0.750. The molecule has 0 spiro atoms. The lowest BCUT2D eigenvalue weighted by Gasteiger charge is -1.96. The highest BCUT2D eigenvalue weighted by atomic mass is 32.1. The fourth-order valence-corrected chi connectivity index (χ4v) is 1.04. The molecule has 5 nitrogen and oxygen atoms in total. The molecule has 4 N–H and O–H groups in total. The van der Waals surface area contributed by atoms with Crippen LogP contribution in [0.2, 0.25) is 0 Å². The fourth-order valence-electron chi connectivity index (χ4n) is 1.04. The molecule has 1 aliphatic heterocycles. The van der Waals surface area contributed by atoms with Crippen LogP contribution < -0.4 is 11.1 Å². The molecular weight excluding hydrogens is 228 g/mol. The largest absolute Gasteiger partial charge is 0.396 e. The van der Waals surface area contributed by atoms with E-state index in [1.54, 1.807) is 6.26 Å². The first-order valence-electron chi connectivity index (χ1n) is 5.20. The highest BCUT2D eigenvalue weighted by molar-refractivity contribution is 7.79. The van der Waals surface area contributed by atoms with Crippen LogP contribution in [0.3, 0.4) is 0 Å². The molecule has 0 aromatic heterocycles. The lowest BCUT2D eigenvalue weighted by atomic mass is 10.1. The van der Waals surface area contributed by atoms with Gasteiger partial charge in [0.1, 0.15) is 0 Å². The van der Waals surface area contributed by atoms with Gasteiger partial charge in [0.05, 0.1) is 0 Å². The third kappa shape index (κ3) is 11.3. The van der Waals surface area contributed by atoms with Gasteiger partial charge in [-0.3, -0.25) is 9.59 Å². The Labute approximate surface area is 102 Å². The highest BCUT2D eigenvalue weighted by Gasteiger charge is 2.19. The highest BCUT2D eigenvalue weighted by Crippen LogP contribution is 2.05. The predicted octanol–water partition coefficient (Wildman–Crippen LogP) is -0.0674. The molecule has 0 aromatic rings. The van der Waals surface area contributed by atoms with Crippen LogP contribution >= 0.6 is 12.6 Å². The van der Waals surface area contributed by atoms with Gasteiger partial charge in [-0.05, 0) is 12.7 Å². The lowest BCUT2D eigenvalue weighted by molar-refractivity contribution is -0.119. The molecule has 2 amide bonds. The van der Waals surface area contributed by atoms with E-state index in [9.17, 15) is 9.59 Å². The average Bonchev–Trinajstić information content (AvgIpc) is 2.68. The maximum atomic E-state index is 10.4. The minimum atomic E-state index is -0.211. The number of carbonyl (C=O) groups is 2. The van der Waals surface area contributed by atoms with Gasteiger partial charge in [-0.2, -0.15) is 12.6 Å². The van der Waals surface area contributed by atoms with Gasteiger partial charge < -0.3 is 16.2 Å². The summed E-state index contributed by atoms with van der Waals surface area (Å²) in [5.74, 6) is 0.0176. The summed E-state index contributed by atoms with van der Waals surface area (Å²) < 4.78 is 0. The van der Waals surface area contributed by atoms with Gasteiger partial charge in [0, 0.05) is 31.9 Å². The van der Waals surface area contributed by atoms with E-state index in [2.05, 4.69) is 17.9 Å². The van der Waals surface area contributed by atoms with E-state index < -0.39 is 0 Å². The second kappa shape index (κ2) is 12.3. The van der Waals surface area contributed by atoms with E-state index in [0.717, 1.165) is 6.42 Å². The van der Waals surface area contributed by atoms with Crippen molar-refractivity contribution in [2.24, 2.45) is 11.7 Å². The molecule has 1 fully saturated rings. The van der Waals surface area contributed by atoms with Gasteiger partial charge in [0.25, 0.3) is 0 Å². The number of primary amides is 1. The summed E-state index contributed by atoms with van der Waals surface area (Å²) in [7, 11) is 0. The molecule has 1 aliphatic rings. The summed E-state index contributed by atoms with van der Waals surface area (Å²) in [5, 5.41) is 11.1. The van der Waals surface area contributed by atoms with Crippen molar-refractivity contribution in [1.82, 2.24) is 5.32 Å². The maximum Gasteiger partial charge on any atom is 0.220 e. The zero-order chi connectivity index (χ0) is 13.0. The van der Waals surface area contributed by atoms with Crippen molar-refractivity contribution in [2.45, 2.75) is 26.2 Å². The molecule has 0 aromatic carbocycles. The molecule has 1 unspecified atom stereocenters. The number of hydrogen-bond acceptors (Lipinski definition) is 4. The summed E-state index contributed by atoms with van der Waals surface area (Å²) in [5.41, 5.74) is 4.76. The van der Waals surface area contributed by atoms with Crippen LogP contribution in [0, 0.1) is 5.92 Å². The molecule has 1 heterocycles. The maximum absolute atomic E-state index is 10.4. The van der Waals surface area contributed by atoms with Crippen LogP contribution in [-0.2, 0) is 9.59 Å². The molecule has 1 saturated heterocycles. The van der Waals surface area contributed by atoms with Crippen molar-refractivity contribution < 1.29 is 14.7 Å². The topological polar surface area (TPSA) is 92.4 Å². The van der Waals surface area contributed by atoms with Gasteiger partial charge >= 0.3 is 0 Å². The number of aliphatic hydroxyl groups is 1. The fraction of sp³-hybridized carbons (Fsp3) is 0.800. The third-order valence-corrected chi connectivity index (χ3v) is 1.82. The Kier molecular flexibility index (Phi) is 13.6. The molecule has 1 rings (SSSR count). The van der Waals surface area contributed by atoms with Crippen LogP contribution in [0.1, 0.15) is 26.2 Å². The lowest BCUT2D eigenvalue weighted by Crippen LogP contribution is -2.14. The number of nitrogens with two attached hydrogens (primary N) is 1. The summed E-state index contributed by atoms with van der Waals surface area (Å²) in [6, 6.07) is 0. The SMILES string of the molecule is CCCC(N)=O.CS.O=C1CC(CO)CN1. The van der Waals surface area contributed by atoms with Gasteiger partial charge in [0.2, 0.25) is 11.8 Å². The normalized spacial score (nSPS) is 17.5. The standard InChI is InChI=1S/C5H9NO2.C4H9NO.CH4S/c7-3-4-1-5(8)6-2-4;1-2-3-4(5)6;1-2/h4,7H,1-3H2,(H,6,8);2-3H2,1H3,(H2,5,6);2H,1H3. The molecule has 0 saturated carbocycles. The van der Waals surface area contributed by atoms with Gasteiger partial charge in [-0.15, -0.1) is 0 Å². The first-order chi connectivity index (χ1) is 7.60. The molecule has 0 radical (unpaired) electrons. The van der Waals surface area contributed by atoms with E-state index in [-0.39, 0.29) is 24.3 Å². The summed E-state index contributed by atoms with van der Waals surface area (Å²) >= 11 is 3.53. The van der Waals surface area contributed by atoms with Gasteiger partial charge in [0.15, 0.2) is 0 Å². The molecule has 0 aliphatic carbocycles. The first kappa shape index (κ1) is 17.6. The van der Waals surface area contributed by atoms with Gasteiger partial charge in [-0.25, -0.2) is 0 Å². The van der Waals surface area contributed by atoms with E-state index >= 15 is 0 Å². The first-order valence-corrected chi connectivity index (χ1v) is 6.10. The number of aliphatic hydroxyl groups excluding tert-OH is 1. The van der Waals surface area contributed by atoms with Crippen molar-refractivity contribution in [3.8, 4) is 0 Å². The molecule has 6 heteroatoms. The zero-order valence-corrected chi connectivity index (χ0v) is 10.8. The number of rotatable bonds is 3. The molecule has 1 atom stereocenters. The van der Waals surface area contributed by atoms with E-state index in [4.69, 9.17) is 10.8 Å². The second-order valence-corrected chi connectivity index (χ2v) is 3.27. The summed E-state index contributed by atoms with van der Waals surface area (Å²) in [4.78, 5) is 20.2. The minimum Gasteiger partial charge on any atom is -0.396 e. The van der Waals surface area contributed by atoms with Crippen LogP contribution in [0.5, 0.6) is 0 Å². The Morgan fingerprint density at radius 1 is 1.62 bits per heavy atom. The third-order valence-electron chi connectivity index (χ3n) is 1.82. The number of carbonyl (C=O) groups excluding carboxylic acids is 2. The van der Waals surface area contributed by atoms with E-state index in [1.165, 1.54) is 0 Å². The Morgan fingerprint density at radius 3 is 2.31 bits per heavy atom. The minimum absolute atomic E-state index is 0.0593. The summed E-state index contributed by atoms with van der Waals surface area (Å²) in [6.45, 7) is 2.69. The summed E-state index contributed by atoms with van der Waals surface area (Å²) in [6.07, 6.45) is 3.56. The Balaban J connectivity index is 0. The number of hydrogen-bond donors (Lipinski definition) is 4. The van der Waals surface area contributed by atoms with Crippen molar-refractivity contribution in [3.63, 3.8) is 0 Å². The number of amides is 2. The number of thiol groups is 1. The monoisotopic (exact) mass is 250 g/mol. The molecular formula is C10H22N2O3S. The van der Waals surface area contributed by atoms with E-state index in [1.807, 2.05) is 6.92 Å².